The Kier molecular flexibility index (Phi) is 6.88. The summed E-state index contributed by atoms with van der Waals surface area (Å²) in [4.78, 5) is 4.32. The van der Waals surface area contributed by atoms with Gasteiger partial charge in [0.2, 0.25) is 0 Å². The summed E-state index contributed by atoms with van der Waals surface area (Å²) in [5.41, 5.74) is 4.83. The highest BCUT2D eigenvalue weighted by Crippen LogP contribution is 2.14. The van der Waals surface area contributed by atoms with Gasteiger partial charge >= 0.3 is 0 Å². The van der Waals surface area contributed by atoms with E-state index in [2.05, 4.69) is 47.6 Å². The van der Waals surface area contributed by atoms with Gasteiger partial charge in [-0.2, -0.15) is 5.10 Å². The largest absolute Gasteiger partial charge is 0.356 e. The maximum absolute atomic E-state index is 6.02. The lowest BCUT2D eigenvalue weighted by Crippen LogP contribution is -2.43. The van der Waals surface area contributed by atoms with E-state index in [-0.39, 0.29) is 6.04 Å². The highest BCUT2D eigenvalue weighted by molar-refractivity contribution is 6.30. The molecule has 0 aliphatic heterocycles. The van der Waals surface area contributed by atoms with Crippen LogP contribution < -0.4 is 10.6 Å². The van der Waals surface area contributed by atoms with Crippen LogP contribution in [0.5, 0.6) is 0 Å². The average Bonchev–Trinajstić information content (AvgIpc) is 2.80. The van der Waals surface area contributed by atoms with Crippen LogP contribution in [0.1, 0.15) is 29.4 Å². The zero-order valence-corrected chi connectivity index (χ0v) is 16.5. The molecule has 0 spiro atoms. The van der Waals surface area contributed by atoms with Crippen LogP contribution in [0.15, 0.2) is 29.3 Å². The Morgan fingerprint density at radius 1 is 1.36 bits per heavy atom. The number of aromatic nitrogens is 2. The fraction of sp³-hybridized carbons (Fsp3) is 0.474. The standard InChI is InChI=1S/C19H28ClN5/c1-13(11-18-14(2)24-25(5)15(18)3)23-19(21-4)22-10-9-16-7-6-8-17(20)12-16/h6-8,12-13H,9-11H2,1-5H3,(H2,21,22,23). The van der Waals surface area contributed by atoms with E-state index in [1.807, 2.05) is 29.9 Å². The lowest BCUT2D eigenvalue weighted by Gasteiger charge is -2.18. The minimum Gasteiger partial charge on any atom is -0.356 e. The minimum absolute atomic E-state index is 0.263. The molecule has 0 radical (unpaired) electrons. The fourth-order valence-electron chi connectivity index (χ4n) is 2.92. The Morgan fingerprint density at radius 3 is 2.72 bits per heavy atom. The number of guanidine groups is 1. The van der Waals surface area contributed by atoms with E-state index in [9.17, 15) is 0 Å². The van der Waals surface area contributed by atoms with Crippen molar-refractivity contribution >= 4 is 17.6 Å². The van der Waals surface area contributed by atoms with E-state index in [4.69, 9.17) is 11.6 Å². The molecule has 0 amide bonds. The number of halogens is 1. The first kappa shape index (κ1) is 19.3. The zero-order chi connectivity index (χ0) is 18.4. The van der Waals surface area contributed by atoms with Gasteiger partial charge in [0.05, 0.1) is 5.69 Å². The summed E-state index contributed by atoms with van der Waals surface area (Å²) in [6.07, 6.45) is 1.82. The summed E-state index contributed by atoms with van der Waals surface area (Å²) in [6.45, 7) is 7.14. The SMILES string of the molecule is CN=C(NCCc1cccc(Cl)c1)NC(C)Cc1c(C)nn(C)c1C. The van der Waals surface area contributed by atoms with Gasteiger partial charge in [-0.15, -0.1) is 0 Å². The first-order valence-electron chi connectivity index (χ1n) is 8.61. The average molecular weight is 362 g/mol. The zero-order valence-electron chi connectivity index (χ0n) is 15.7. The van der Waals surface area contributed by atoms with Crippen LogP contribution in [-0.4, -0.2) is 35.4 Å². The summed E-state index contributed by atoms with van der Waals surface area (Å²) >= 11 is 6.02. The molecule has 25 heavy (non-hydrogen) atoms. The Hall–Kier alpha value is -2.01. The normalized spacial score (nSPS) is 13.0. The quantitative estimate of drug-likeness (QED) is 0.614. The van der Waals surface area contributed by atoms with Crippen LogP contribution in [0.3, 0.4) is 0 Å². The van der Waals surface area contributed by atoms with E-state index in [1.165, 1.54) is 16.8 Å². The van der Waals surface area contributed by atoms with Crippen LogP contribution in [0.2, 0.25) is 5.02 Å². The molecule has 136 valence electrons. The third kappa shape index (κ3) is 5.49. The molecule has 0 aliphatic carbocycles. The summed E-state index contributed by atoms with van der Waals surface area (Å²) in [5, 5.41) is 12.1. The van der Waals surface area contributed by atoms with Crippen molar-refractivity contribution in [3.8, 4) is 0 Å². The molecule has 2 aromatic rings. The highest BCUT2D eigenvalue weighted by atomic mass is 35.5. The lowest BCUT2D eigenvalue weighted by atomic mass is 10.1. The van der Waals surface area contributed by atoms with Crippen LogP contribution in [0.4, 0.5) is 0 Å². The number of nitrogens with zero attached hydrogens (tertiary/aromatic N) is 3. The third-order valence-corrected chi connectivity index (χ3v) is 4.61. The summed E-state index contributed by atoms with van der Waals surface area (Å²) in [5.74, 6) is 0.814. The molecule has 0 bridgehead atoms. The Morgan fingerprint density at radius 2 is 2.12 bits per heavy atom. The number of aryl methyl sites for hydroxylation is 2. The van der Waals surface area contributed by atoms with Crippen molar-refractivity contribution in [1.29, 1.82) is 0 Å². The molecule has 6 heteroatoms. The van der Waals surface area contributed by atoms with E-state index in [0.717, 1.165) is 36.1 Å². The number of rotatable bonds is 6. The smallest absolute Gasteiger partial charge is 0.191 e. The first-order chi connectivity index (χ1) is 11.9. The monoisotopic (exact) mass is 361 g/mol. The van der Waals surface area contributed by atoms with Gasteiger partial charge in [-0.05, 0) is 56.9 Å². The van der Waals surface area contributed by atoms with Gasteiger partial charge in [-0.3, -0.25) is 9.67 Å². The molecular formula is C19H28ClN5. The molecular weight excluding hydrogens is 334 g/mol. The maximum Gasteiger partial charge on any atom is 0.191 e. The molecule has 0 aliphatic rings. The van der Waals surface area contributed by atoms with Gasteiger partial charge in [0, 0.05) is 37.4 Å². The van der Waals surface area contributed by atoms with E-state index in [0.29, 0.717) is 0 Å². The van der Waals surface area contributed by atoms with Gasteiger partial charge in [-0.25, -0.2) is 0 Å². The van der Waals surface area contributed by atoms with E-state index >= 15 is 0 Å². The van der Waals surface area contributed by atoms with Crippen LogP contribution in [0.25, 0.3) is 0 Å². The molecule has 1 unspecified atom stereocenters. The van der Waals surface area contributed by atoms with Crippen LogP contribution in [0, 0.1) is 13.8 Å². The van der Waals surface area contributed by atoms with Crippen molar-refractivity contribution in [2.45, 2.75) is 39.7 Å². The molecule has 0 fully saturated rings. The molecule has 1 aromatic carbocycles. The topological polar surface area (TPSA) is 54.2 Å². The van der Waals surface area contributed by atoms with Crippen molar-refractivity contribution in [2.75, 3.05) is 13.6 Å². The van der Waals surface area contributed by atoms with Crippen molar-refractivity contribution in [2.24, 2.45) is 12.0 Å². The number of nitrogens with one attached hydrogen (secondary N) is 2. The molecule has 1 aromatic heterocycles. The molecule has 1 atom stereocenters. The third-order valence-electron chi connectivity index (χ3n) is 4.37. The van der Waals surface area contributed by atoms with Crippen LogP contribution >= 0.6 is 11.6 Å². The molecule has 0 saturated heterocycles. The fourth-order valence-corrected chi connectivity index (χ4v) is 3.13. The molecule has 1 heterocycles. The van der Waals surface area contributed by atoms with Gasteiger partial charge in [-0.1, -0.05) is 23.7 Å². The van der Waals surface area contributed by atoms with Crippen molar-refractivity contribution in [1.82, 2.24) is 20.4 Å². The van der Waals surface area contributed by atoms with Crippen molar-refractivity contribution in [3.63, 3.8) is 0 Å². The van der Waals surface area contributed by atoms with Gasteiger partial charge < -0.3 is 10.6 Å². The number of benzene rings is 1. The minimum atomic E-state index is 0.263. The molecule has 2 rings (SSSR count). The number of hydrogen-bond donors (Lipinski definition) is 2. The molecule has 0 saturated carbocycles. The van der Waals surface area contributed by atoms with Gasteiger partial charge in [0.25, 0.3) is 0 Å². The second-order valence-corrected chi connectivity index (χ2v) is 6.84. The van der Waals surface area contributed by atoms with Gasteiger partial charge in [0.1, 0.15) is 0 Å². The summed E-state index contributed by atoms with van der Waals surface area (Å²) in [7, 11) is 3.78. The predicted molar refractivity (Wildman–Crippen MR) is 106 cm³/mol. The van der Waals surface area contributed by atoms with E-state index < -0.39 is 0 Å². The maximum atomic E-state index is 6.02. The molecule has 5 nitrogen and oxygen atoms in total. The van der Waals surface area contributed by atoms with Gasteiger partial charge in [0.15, 0.2) is 5.96 Å². The Labute approximate surface area is 155 Å². The number of aliphatic imine (C=N–C) groups is 1. The van der Waals surface area contributed by atoms with Crippen LogP contribution in [-0.2, 0) is 19.9 Å². The number of hydrogen-bond acceptors (Lipinski definition) is 2. The molecule has 2 N–H and O–H groups in total. The second kappa shape index (κ2) is 8.90. The Bertz CT molecular complexity index is 735. The second-order valence-electron chi connectivity index (χ2n) is 6.40. The first-order valence-corrected chi connectivity index (χ1v) is 8.99. The highest BCUT2D eigenvalue weighted by Gasteiger charge is 2.13. The predicted octanol–water partition coefficient (Wildman–Crippen LogP) is 3.03. The van der Waals surface area contributed by atoms with E-state index in [1.54, 1.807) is 7.05 Å². The van der Waals surface area contributed by atoms with Crippen molar-refractivity contribution in [3.05, 3.63) is 51.8 Å². The van der Waals surface area contributed by atoms with Crippen molar-refractivity contribution < 1.29 is 0 Å². The Balaban J connectivity index is 1.84. The summed E-state index contributed by atoms with van der Waals surface area (Å²) in [6, 6.07) is 8.21. The summed E-state index contributed by atoms with van der Waals surface area (Å²) < 4.78 is 1.94. The lowest BCUT2D eigenvalue weighted by molar-refractivity contribution is 0.635.